The molecule has 1 atom stereocenters. The number of carbonyl (C=O) groups is 2. The van der Waals surface area contributed by atoms with Crippen LogP contribution in [0.2, 0.25) is 4.34 Å². The highest BCUT2D eigenvalue weighted by Gasteiger charge is 2.14. The molecule has 1 rings (SSSR count). The summed E-state index contributed by atoms with van der Waals surface area (Å²) in [6, 6.07) is 2.91. The fraction of sp³-hybridized carbons (Fsp3) is 0.455. The van der Waals surface area contributed by atoms with E-state index < -0.39 is 12.0 Å². The van der Waals surface area contributed by atoms with Crippen molar-refractivity contribution in [3.05, 3.63) is 21.3 Å². The highest BCUT2D eigenvalue weighted by molar-refractivity contribution is 7.16. The van der Waals surface area contributed by atoms with Crippen LogP contribution in [0.25, 0.3) is 0 Å². The molecule has 0 fully saturated rings. The molecule has 0 bridgehead atoms. The zero-order valence-corrected chi connectivity index (χ0v) is 11.7. The maximum Gasteiger partial charge on any atom is 0.320 e. The average Bonchev–Trinajstić information content (AvgIpc) is 2.70. The molecule has 5 nitrogen and oxygen atoms in total. The molecular weight excluding hydrogens is 276 g/mol. The van der Waals surface area contributed by atoms with Crippen LogP contribution in [-0.2, 0) is 16.1 Å². The van der Waals surface area contributed by atoms with Crippen LogP contribution >= 0.6 is 22.9 Å². The minimum absolute atomic E-state index is 0.00305. The van der Waals surface area contributed by atoms with Crippen molar-refractivity contribution >= 4 is 34.8 Å². The number of halogens is 1. The van der Waals surface area contributed by atoms with Gasteiger partial charge in [0.05, 0.1) is 17.4 Å². The Morgan fingerprint density at radius 1 is 1.56 bits per heavy atom. The third kappa shape index (κ3) is 4.64. The molecular formula is C11H15ClN2O3S. The van der Waals surface area contributed by atoms with Crippen molar-refractivity contribution in [3.8, 4) is 0 Å². The van der Waals surface area contributed by atoms with E-state index in [-0.39, 0.29) is 12.5 Å². The van der Waals surface area contributed by atoms with Crippen molar-refractivity contribution in [3.63, 3.8) is 0 Å². The molecule has 0 spiro atoms. The number of hydrogen-bond donors (Lipinski definition) is 2. The molecule has 1 aromatic rings. The van der Waals surface area contributed by atoms with Gasteiger partial charge in [0.1, 0.15) is 6.04 Å². The number of hydrogen-bond acceptors (Lipinski definition) is 4. The van der Waals surface area contributed by atoms with Crippen LogP contribution < -0.4 is 5.32 Å². The third-order valence-corrected chi connectivity index (χ3v) is 3.59. The Bertz CT molecular complexity index is 436. The van der Waals surface area contributed by atoms with Crippen molar-refractivity contribution in [2.24, 2.45) is 0 Å². The maximum absolute atomic E-state index is 11.7. The summed E-state index contributed by atoms with van der Waals surface area (Å²) in [4.78, 5) is 24.8. The molecule has 7 heteroatoms. The van der Waals surface area contributed by atoms with Crippen LogP contribution in [0.1, 0.15) is 11.8 Å². The Morgan fingerprint density at radius 2 is 2.22 bits per heavy atom. The number of carbonyl (C=O) groups excluding carboxylic acids is 1. The monoisotopic (exact) mass is 290 g/mol. The Hall–Kier alpha value is -1.11. The first kappa shape index (κ1) is 14.9. The van der Waals surface area contributed by atoms with Crippen LogP contribution in [0, 0.1) is 0 Å². The van der Waals surface area contributed by atoms with Crippen LogP contribution in [0.3, 0.4) is 0 Å². The van der Waals surface area contributed by atoms with E-state index in [9.17, 15) is 9.59 Å². The fourth-order valence-corrected chi connectivity index (χ4v) is 2.36. The Morgan fingerprint density at radius 3 is 2.72 bits per heavy atom. The van der Waals surface area contributed by atoms with Gasteiger partial charge < -0.3 is 10.0 Å². The second-order valence-electron chi connectivity index (χ2n) is 3.90. The van der Waals surface area contributed by atoms with E-state index in [1.54, 1.807) is 13.1 Å². The molecule has 0 aliphatic carbocycles. The van der Waals surface area contributed by atoms with E-state index in [4.69, 9.17) is 16.7 Å². The van der Waals surface area contributed by atoms with Crippen LogP contribution in [0.4, 0.5) is 0 Å². The Kier molecular flexibility index (Phi) is 5.58. The van der Waals surface area contributed by atoms with Gasteiger partial charge in [-0.05, 0) is 19.1 Å². The summed E-state index contributed by atoms with van der Waals surface area (Å²) >= 11 is 7.22. The molecule has 1 aromatic heterocycles. The summed E-state index contributed by atoms with van der Waals surface area (Å²) in [5.74, 6) is -1.14. The van der Waals surface area contributed by atoms with E-state index in [0.717, 1.165) is 4.88 Å². The SMILES string of the molecule is CC(NCC(=O)N(C)Cc1ccc(Cl)s1)C(=O)O. The lowest BCUT2D eigenvalue weighted by Crippen LogP contribution is -2.41. The predicted molar refractivity (Wildman–Crippen MR) is 70.9 cm³/mol. The maximum atomic E-state index is 11.7. The van der Waals surface area contributed by atoms with Crippen molar-refractivity contribution < 1.29 is 14.7 Å². The topological polar surface area (TPSA) is 69.6 Å². The van der Waals surface area contributed by atoms with E-state index in [1.165, 1.54) is 23.2 Å². The summed E-state index contributed by atoms with van der Waals surface area (Å²) in [5, 5.41) is 11.3. The number of carboxylic acids is 1. The largest absolute Gasteiger partial charge is 0.480 e. The minimum Gasteiger partial charge on any atom is -0.480 e. The molecule has 0 saturated carbocycles. The first-order valence-corrected chi connectivity index (χ1v) is 6.54. The van der Waals surface area contributed by atoms with Gasteiger partial charge in [-0.15, -0.1) is 11.3 Å². The highest BCUT2D eigenvalue weighted by Crippen LogP contribution is 2.22. The molecule has 0 aliphatic heterocycles. The van der Waals surface area contributed by atoms with E-state index in [0.29, 0.717) is 10.9 Å². The van der Waals surface area contributed by atoms with Gasteiger partial charge in [0.15, 0.2) is 0 Å². The van der Waals surface area contributed by atoms with Crippen LogP contribution in [-0.4, -0.2) is 41.5 Å². The zero-order chi connectivity index (χ0) is 13.7. The van der Waals surface area contributed by atoms with Crippen molar-refractivity contribution in [1.82, 2.24) is 10.2 Å². The molecule has 100 valence electrons. The van der Waals surface area contributed by atoms with Gasteiger partial charge in [0, 0.05) is 11.9 Å². The van der Waals surface area contributed by atoms with Crippen molar-refractivity contribution in [2.75, 3.05) is 13.6 Å². The van der Waals surface area contributed by atoms with Gasteiger partial charge in [0.25, 0.3) is 0 Å². The van der Waals surface area contributed by atoms with Crippen molar-refractivity contribution in [1.29, 1.82) is 0 Å². The Balaban J connectivity index is 2.39. The van der Waals surface area contributed by atoms with Gasteiger partial charge in [-0.2, -0.15) is 0 Å². The number of thiophene rings is 1. The molecule has 0 aliphatic rings. The first-order chi connectivity index (χ1) is 8.40. The number of carboxylic acid groups (broad SMARTS) is 1. The summed E-state index contributed by atoms with van der Waals surface area (Å²) in [7, 11) is 1.67. The molecule has 1 unspecified atom stereocenters. The summed E-state index contributed by atoms with van der Waals surface area (Å²) in [6.07, 6.45) is 0. The highest BCUT2D eigenvalue weighted by atomic mass is 35.5. The number of likely N-dealkylation sites (N-methyl/N-ethyl adjacent to an activating group) is 1. The lowest BCUT2D eigenvalue weighted by molar-refractivity contribution is -0.139. The average molecular weight is 291 g/mol. The van der Waals surface area contributed by atoms with E-state index in [1.807, 2.05) is 6.07 Å². The van der Waals surface area contributed by atoms with Gasteiger partial charge in [-0.1, -0.05) is 11.6 Å². The predicted octanol–water partition coefficient (Wildman–Crippen LogP) is 1.42. The molecule has 0 radical (unpaired) electrons. The second-order valence-corrected chi connectivity index (χ2v) is 5.70. The molecule has 18 heavy (non-hydrogen) atoms. The number of aliphatic carboxylic acids is 1. The molecule has 0 saturated heterocycles. The van der Waals surface area contributed by atoms with Crippen LogP contribution in [0.5, 0.6) is 0 Å². The molecule has 0 aromatic carbocycles. The normalized spacial score (nSPS) is 12.2. The lowest BCUT2D eigenvalue weighted by atomic mass is 10.3. The Labute approximate surface area is 114 Å². The van der Waals surface area contributed by atoms with E-state index >= 15 is 0 Å². The van der Waals surface area contributed by atoms with Gasteiger partial charge >= 0.3 is 5.97 Å². The quantitative estimate of drug-likeness (QED) is 0.831. The number of nitrogens with one attached hydrogen (secondary N) is 1. The van der Waals surface area contributed by atoms with Gasteiger partial charge in [-0.3, -0.25) is 14.9 Å². The third-order valence-electron chi connectivity index (χ3n) is 2.38. The van der Waals surface area contributed by atoms with Gasteiger partial charge in [-0.25, -0.2) is 0 Å². The molecule has 2 N–H and O–H groups in total. The second kappa shape index (κ2) is 6.72. The molecule has 1 amide bonds. The van der Waals surface area contributed by atoms with Gasteiger partial charge in [0.2, 0.25) is 5.91 Å². The van der Waals surface area contributed by atoms with E-state index in [2.05, 4.69) is 5.32 Å². The number of amides is 1. The van der Waals surface area contributed by atoms with Crippen LogP contribution in [0.15, 0.2) is 12.1 Å². The zero-order valence-electron chi connectivity index (χ0n) is 10.1. The lowest BCUT2D eigenvalue weighted by Gasteiger charge is -2.17. The standard InChI is InChI=1S/C11H15ClN2O3S/c1-7(11(16)17)13-5-10(15)14(2)6-8-3-4-9(12)18-8/h3-4,7,13H,5-6H2,1-2H3,(H,16,17). The summed E-state index contributed by atoms with van der Waals surface area (Å²) in [5.41, 5.74) is 0. The summed E-state index contributed by atoms with van der Waals surface area (Å²) in [6.45, 7) is 1.97. The van der Waals surface area contributed by atoms with Crippen molar-refractivity contribution in [2.45, 2.75) is 19.5 Å². The first-order valence-electron chi connectivity index (χ1n) is 5.34. The summed E-state index contributed by atoms with van der Waals surface area (Å²) < 4.78 is 0.684. The smallest absolute Gasteiger partial charge is 0.320 e. The number of rotatable bonds is 6. The molecule has 1 heterocycles. The number of nitrogens with zero attached hydrogens (tertiary/aromatic N) is 1. The minimum atomic E-state index is -0.976. The fourth-order valence-electron chi connectivity index (χ4n) is 1.22.